The first-order valence-electron chi connectivity index (χ1n) is 11.4. The quantitative estimate of drug-likeness (QED) is 0.759. The van der Waals surface area contributed by atoms with Crippen molar-refractivity contribution in [2.45, 2.75) is 50.1 Å². The molecule has 2 fully saturated rings. The molecule has 0 radical (unpaired) electrons. The molecule has 168 valence electrons. The Morgan fingerprint density at radius 1 is 1.03 bits per heavy atom. The van der Waals surface area contributed by atoms with E-state index in [4.69, 9.17) is 0 Å². The van der Waals surface area contributed by atoms with Crippen LogP contribution in [-0.2, 0) is 4.79 Å². The highest BCUT2D eigenvalue weighted by atomic mass is 19.1. The van der Waals surface area contributed by atoms with E-state index in [1.165, 1.54) is 12.1 Å². The number of rotatable bonds is 3. The summed E-state index contributed by atoms with van der Waals surface area (Å²) in [6.07, 6.45) is 5.05. The molecular weight excluding hydrogens is 409 g/mol. The Hall–Kier alpha value is -2.93. The summed E-state index contributed by atoms with van der Waals surface area (Å²) in [6.45, 7) is 0.215. The molecule has 32 heavy (non-hydrogen) atoms. The standard InChI is InChI=1S/C25H28FN3O3/c26-18-11-5-6-12-19(18)27-25(32)28-14-21-23(17-10-4-7-13-20(17)28)22(15-30)29(21)24(31)16-8-2-1-3-9-16/h4-7,10-13,16,21-23,30H,1-3,8-9,14-15H2,(H,27,32)/t21-,22-,23+/m0/s1. The molecule has 0 unspecified atom stereocenters. The summed E-state index contributed by atoms with van der Waals surface area (Å²) in [4.78, 5) is 30.0. The van der Waals surface area contributed by atoms with Gasteiger partial charge in [-0.15, -0.1) is 0 Å². The monoisotopic (exact) mass is 437 g/mol. The minimum absolute atomic E-state index is 0.00314. The average molecular weight is 438 g/mol. The maximum Gasteiger partial charge on any atom is 0.326 e. The van der Waals surface area contributed by atoms with Gasteiger partial charge in [-0.05, 0) is 36.6 Å². The van der Waals surface area contributed by atoms with Crippen LogP contribution in [0.3, 0.4) is 0 Å². The summed E-state index contributed by atoms with van der Waals surface area (Å²) >= 11 is 0. The van der Waals surface area contributed by atoms with Gasteiger partial charge in [-0.3, -0.25) is 9.69 Å². The summed E-state index contributed by atoms with van der Waals surface area (Å²) in [7, 11) is 0. The molecule has 2 N–H and O–H groups in total. The number of carbonyl (C=O) groups is 2. The number of urea groups is 1. The Bertz CT molecular complexity index is 1020. The van der Waals surface area contributed by atoms with Crippen LogP contribution in [0.2, 0.25) is 0 Å². The number of hydrogen-bond donors (Lipinski definition) is 2. The summed E-state index contributed by atoms with van der Waals surface area (Å²) < 4.78 is 14.1. The minimum atomic E-state index is -0.498. The van der Waals surface area contributed by atoms with E-state index < -0.39 is 11.8 Å². The van der Waals surface area contributed by atoms with Crippen LogP contribution in [0.5, 0.6) is 0 Å². The second-order valence-corrected chi connectivity index (χ2v) is 9.00. The molecule has 0 aromatic heterocycles. The van der Waals surface area contributed by atoms with Crippen molar-refractivity contribution in [1.82, 2.24) is 4.90 Å². The highest BCUT2D eigenvalue weighted by Crippen LogP contribution is 2.49. The molecule has 3 aliphatic rings. The number of nitrogens with zero attached hydrogens (tertiary/aromatic N) is 2. The summed E-state index contributed by atoms with van der Waals surface area (Å²) in [6, 6.07) is 12.8. The second-order valence-electron chi connectivity index (χ2n) is 9.00. The molecule has 0 bridgehead atoms. The normalized spacial score (nSPS) is 24.9. The smallest absolute Gasteiger partial charge is 0.326 e. The predicted molar refractivity (Wildman–Crippen MR) is 120 cm³/mol. The Morgan fingerprint density at radius 3 is 2.50 bits per heavy atom. The maximum absolute atomic E-state index is 14.1. The second kappa shape index (κ2) is 8.54. The summed E-state index contributed by atoms with van der Waals surface area (Å²) in [5.41, 5.74) is 1.80. The van der Waals surface area contributed by atoms with Gasteiger partial charge in [-0.2, -0.15) is 0 Å². The molecule has 1 saturated heterocycles. The van der Waals surface area contributed by atoms with E-state index in [2.05, 4.69) is 5.32 Å². The van der Waals surface area contributed by atoms with Gasteiger partial charge in [-0.1, -0.05) is 49.6 Å². The fourth-order valence-corrected chi connectivity index (χ4v) is 5.69. The molecule has 2 aromatic carbocycles. The number of aliphatic hydroxyl groups excluding tert-OH is 1. The Morgan fingerprint density at radius 2 is 1.75 bits per heavy atom. The van der Waals surface area contributed by atoms with Crippen molar-refractivity contribution in [3.63, 3.8) is 0 Å². The van der Waals surface area contributed by atoms with Crippen molar-refractivity contribution >= 4 is 23.3 Å². The third-order valence-corrected chi connectivity index (χ3v) is 7.26. The number of benzene rings is 2. The number of nitrogens with one attached hydrogen (secondary N) is 1. The zero-order valence-corrected chi connectivity index (χ0v) is 17.9. The lowest BCUT2D eigenvalue weighted by Gasteiger charge is -2.59. The van der Waals surface area contributed by atoms with Gasteiger partial charge in [0.2, 0.25) is 5.91 Å². The van der Waals surface area contributed by atoms with Crippen molar-refractivity contribution in [2.24, 2.45) is 5.92 Å². The average Bonchev–Trinajstić information content (AvgIpc) is 2.81. The topological polar surface area (TPSA) is 72.9 Å². The molecule has 1 saturated carbocycles. The number of aliphatic hydroxyl groups is 1. The predicted octanol–water partition coefficient (Wildman–Crippen LogP) is 4.11. The number of likely N-dealkylation sites (tertiary alicyclic amines) is 1. The van der Waals surface area contributed by atoms with E-state index in [-0.39, 0.29) is 42.1 Å². The molecule has 2 aliphatic heterocycles. The number of anilines is 2. The van der Waals surface area contributed by atoms with Gasteiger partial charge in [0.1, 0.15) is 5.82 Å². The van der Waals surface area contributed by atoms with Crippen LogP contribution in [0.4, 0.5) is 20.6 Å². The number of halogens is 1. The fourth-order valence-electron chi connectivity index (χ4n) is 5.69. The van der Waals surface area contributed by atoms with Gasteiger partial charge in [0.25, 0.3) is 0 Å². The summed E-state index contributed by atoms with van der Waals surface area (Å²) in [5, 5.41) is 12.8. The van der Waals surface area contributed by atoms with Crippen molar-refractivity contribution in [1.29, 1.82) is 0 Å². The molecule has 3 amide bonds. The molecule has 2 aromatic rings. The fraction of sp³-hybridized carbons (Fsp3) is 0.440. The van der Waals surface area contributed by atoms with Gasteiger partial charge in [-0.25, -0.2) is 9.18 Å². The van der Waals surface area contributed by atoms with E-state index in [0.717, 1.165) is 43.4 Å². The third kappa shape index (κ3) is 3.45. The Labute approximate surface area is 187 Å². The van der Waals surface area contributed by atoms with E-state index in [9.17, 15) is 19.1 Å². The van der Waals surface area contributed by atoms with Crippen LogP contribution in [0.15, 0.2) is 48.5 Å². The SMILES string of the molecule is O=C(Nc1ccccc1F)N1C[C@H]2[C@@H](c3ccccc31)[C@H](CO)N2C(=O)C1CCCCC1. The zero-order valence-electron chi connectivity index (χ0n) is 17.9. The van der Waals surface area contributed by atoms with E-state index in [1.807, 2.05) is 29.2 Å². The van der Waals surface area contributed by atoms with Gasteiger partial charge in [0, 0.05) is 24.1 Å². The number of hydrogen-bond acceptors (Lipinski definition) is 3. The van der Waals surface area contributed by atoms with E-state index in [1.54, 1.807) is 17.0 Å². The molecule has 6 nitrogen and oxygen atoms in total. The molecule has 1 aliphatic carbocycles. The Balaban J connectivity index is 1.44. The van der Waals surface area contributed by atoms with Crippen molar-refractivity contribution in [3.8, 4) is 0 Å². The lowest BCUT2D eigenvalue weighted by molar-refractivity contribution is -0.156. The first-order chi connectivity index (χ1) is 15.6. The van der Waals surface area contributed by atoms with Gasteiger partial charge in [0.15, 0.2) is 0 Å². The number of carbonyl (C=O) groups excluding carboxylic acids is 2. The lowest BCUT2D eigenvalue weighted by atomic mass is 9.71. The number of fused-ring (bicyclic) bond motifs is 3. The van der Waals surface area contributed by atoms with E-state index in [0.29, 0.717) is 6.54 Å². The molecule has 0 spiro atoms. The highest BCUT2D eigenvalue weighted by Gasteiger charge is 2.56. The van der Waals surface area contributed by atoms with Gasteiger partial charge >= 0.3 is 6.03 Å². The van der Waals surface area contributed by atoms with E-state index >= 15 is 0 Å². The van der Waals surface area contributed by atoms with Crippen LogP contribution in [0, 0.1) is 11.7 Å². The van der Waals surface area contributed by atoms with Crippen LogP contribution in [0.25, 0.3) is 0 Å². The molecule has 7 heteroatoms. The molecule has 3 atom stereocenters. The highest BCUT2D eigenvalue weighted by molar-refractivity contribution is 6.03. The summed E-state index contributed by atoms with van der Waals surface area (Å²) in [5.74, 6) is -0.418. The number of para-hydroxylation sites is 2. The first kappa shape index (κ1) is 20.9. The van der Waals surface area contributed by atoms with Crippen molar-refractivity contribution < 1.29 is 19.1 Å². The van der Waals surface area contributed by atoms with Crippen molar-refractivity contribution in [3.05, 3.63) is 59.9 Å². The lowest BCUT2D eigenvalue weighted by Crippen LogP contribution is -2.71. The largest absolute Gasteiger partial charge is 0.394 e. The van der Waals surface area contributed by atoms with Crippen molar-refractivity contribution in [2.75, 3.05) is 23.4 Å². The van der Waals surface area contributed by atoms with Crippen LogP contribution in [0.1, 0.15) is 43.6 Å². The maximum atomic E-state index is 14.1. The molecule has 5 rings (SSSR count). The first-order valence-corrected chi connectivity index (χ1v) is 11.4. The zero-order chi connectivity index (χ0) is 22.2. The van der Waals surface area contributed by atoms with Crippen LogP contribution >= 0.6 is 0 Å². The molecular formula is C25H28FN3O3. The molecule has 2 heterocycles. The third-order valence-electron chi connectivity index (χ3n) is 7.26. The van der Waals surface area contributed by atoms with Crippen LogP contribution in [-0.4, -0.2) is 47.2 Å². The van der Waals surface area contributed by atoms with Gasteiger partial charge in [0.05, 0.1) is 24.4 Å². The van der Waals surface area contributed by atoms with Crippen LogP contribution < -0.4 is 10.2 Å². The Kier molecular flexibility index (Phi) is 5.59. The van der Waals surface area contributed by atoms with Gasteiger partial charge < -0.3 is 15.3 Å². The number of amides is 3. The minimum Gasteiger partial charge on any atom is -0.394 e.